The number of halogens is 4. The largest absolute Gasteiger partial charge is 0.573 e. The summed E-state index contributed by atoms with van der Waals surface area (Å²) >= 11 is 6.64. The van der Waals surface area contributed by atoms with E-state index in [2.05, 4.69) is 25.3 Å². The number of carbonyl (C=O) groups excluding carboxylic acids is 1. The number of nitro benzene ring substituents is 1. The van der Waals surface area contributed by atoms with E-state index in [0.29, 0.717) is 32.4 Å². The fraction of sp³-hybridized carbons (Fsp3) is 0.120. The van der Waals surface area contributed by atoms with Gasteiger partial charge in [0, 0.05) is 31.8 Å². The number of carboxylic acids is 1. The Balaban J connectivity index is 0.000000262. The molecule has 3 N–H and O–H groups in total. The molecule has 2 aromatic heterocycles. The van der Waals surface area contributed by atoms with E-state index < -0.39 is 17.3 Å². The number of rotatable bonds is 6. The number of benzene rings is 3. The Morgan fingerprint density at radius 2 is 1.76 bits per heavy atom. The maximum Gasteiger partial charge on any atom is 0.573 e. The first-order chi connectivity index (χ1) is 19.8. The number of hydrogen-bond donors (Lipinski definition) is 3. The molecular formula is C25H18ClF3N6O6S. The number of ether oxygens (including phenoxy) is 1. The van der Waals surface area contributed by atoms with Gasteiger partial charge in [0.05, 0.1) is 31.7 Å². The van der Waals surface area contributed by atoms with Crippen LogP contribution in [0.4, 0.5) is 29.9 Å². The first-order valence-electron chi connectivity index (χ1n) is 11.5. The van der Waals surface area contributed by atoms with Crippen molar-refractivity contribution in [1.82, 2.24) is 19.9 Å². The van der Waals surface area contributed by atoms with Crippen LogP contribution in [0.25, 0.3) is 21.3 Å². The number of amides is 1. The van der Waals surface area contributed by atoms with E-state index in [1.165, 1.54) is 29.5 Å². The van der Waals surface area contributed by atoms with Gasteiger partial charge in [-0.05, 0) is 42.5 Å². The minimum absolute atomic E-state index is 0.0735. The number of imidazole rings is 1. The number of anilines is 2. The average Bonchev–Trinajstić information content (AvgIpc) is 3.46. The molecule has 0 aliphatic rings. The molecule has 0 aliphatic carbocycles. The molecule has 17 heteroatoms. The molecule has 218 valence electrons. The number of hydrogen-bond acceptors (Lipinski definition) is 9. The molecule has 3 aromatic carbocycles. The molecule has 0 fully saturated rings. The summed E-state index contributed by atoms with van der Waals surface area (Å²) < 4.78 is 43.4. The highest BCUT2D eigenvalue weighted by atomic mass is 35.5. The third kappa shape index (κ3) is 6.84. The third-order valence-electron chi connectivity index (χ3n) is 5.57. The van der Waals surface area contributed by atoms with Crippen LogP contribution in [0.1, 0.15) is 20.7 Å². The number of alkyl halides is 3. The van der Waals surface area contributed by atoms with Crippen molar-refractivity contribution < 1.29 is 37.5 Å². The Hall–Kier alpha value is -4.96. The maximum absolute atomic E-state index is 12.4. The van der Waals surface area contributed by atoms with E-state index >= 15 is 0 Å². The van der Waals surface area contributed by atoms with Crippen molar-refractivity contribution in [1.29, 1.82) is 0 Å². The summed E-state index contributed by atoms with van der Waals surface area (Å²) in [5.74, 6) is -1.19. The van der Waals surface area contributed by atoms with Crippen LogP contribution < -0.4 is 15.4 Å². The van der Waals surface area contributed by atoms with Crippen LogP contribution in [0.2, 0.25) is 5.02 Å². The predicted molar refractivity (Wildman–Crippen MR) is 149 cm³/mol. The molecule has 1 amide bonds. The summed E-state index contributed by atoms with van der Waals surface area (Å²) in [6.45, 7) is 0. The number of carbonyl (C=O) groups is 2. The Morgan fingerprint density at radius 3 is 2.38 bits per heavy atom. The Bertz CT molecular complexity index is 1840. The molecule has 0 aliphatic heterocycles. The molecule has 0 radical (unpaired) electrons. The lowest BCUT2D eigenvalue weighted by molar-refractivity contribution is -0.384. The van der Waals surface area contributed by atoms with Crippen molar-refractivity contribution in [3.63, 3.8) is 0 Å². The maximum atomic E-state index is 12.4. The van der Waals surface area contributed by atoms with Crippen LogP contribution in [-0.2, 0) is 7.05 Å². The summed E-state index contributed by atoms with van der Waals surface area (Å²) in [5, 5.41) is 24.7. The first-order valence-corrected chi connectivity index (χ1v) is 12.7. The monoisotopic (exact) mass is 622 g/mol. The normalized spacial score (nSPS) is 11.1. The highest BCUT2D eigenvalue weighted by Gasteiger charge is 2.31. The summed E-state index contributed by atoms with van der Waals surface area (Å²) in [6.07, 6.45) is -4.75. The van der Waals surface area contributed by atoms with Crippen molar-refractivity contribution in [3.8, 4) is 5.75 Å². The number of fused-ring (bicyclic) bond motifs is 2. The first kappa shape index (κ1) is 30.0. The Labute approximate surface area is 242 Å². The third-order valence-corrected chi connectivity index (χ3v) is 6.81. The quantitative estimate of drug-likeness (QED) is 0.149. The van der Waals surface area contributed by atoms with Gasteiger partial charge < -0.3 is 25.0 Å². The van der Waals surface area contributed by atoms with Gasteiger partial charge in [-0.2, -0.15) is 0 Å². The van der Waals surface area contributed by atoms with Gasteiger partial charge in [0.25, 0.3) is 11.6 Å². The molecule has 5 aromatic rings. The van der Waals surface area contributed by atoms with Crippen molar-refractivity contribution in [3.05, 3.63) is 80.9 Å². The molecular weight excluding hydrogens is 605 g/mol. The van der Waals surface area contributed by atoms with Crippen molar-refractivity contribution in [2.24, 2.45) is 7.05 Å². The Morgan fingerprint density at radius 1 is 1.07 bits per heavy atom. The lowest BCUT2D eigenvalue weighted by Crippen LogP contribution is -2.17. The topological polar surface area (TPSA) is 162 Å². The van der Waals surface area contributed by atoms with Crippen molar-refractivity contribution >= 4 is 72.8 Å². The summed E-state index contributed by atoms with van der Waals surface area (Å²) in [6, 6.07) is 12.3. The van der Waals surface area contributed by atoms with Crippen LogP contribution in [0, 0.1) is 10.1 Å². The summed E-state index contributed by atoms with van der Waals surface area (Å²) in [5.41, 5.74) is 2.10. The van der Waals surface area contributed by atoms with Gasteiger partial charge in [-0.3, -0.25) is 14.9 Å². The number of aryl methyl sites for hydroxylation is 1. The van der Waals surface area contributed by atoms with Gasteiger partial charge in [0.2, 0.25) is 5.95 Å². The van der Waals surface area contributed by atoms with Crippen LogP contribution in [-0.4, -0.2) is 49.9 Å². The zero-order valence-electron chi connectivity index (χ0n) is 21.4. The molecule has 5 rings (SSSR count). The lowest BCUT2D eigenvalue weighted by atomic mass is 10.2. The van der Waals surface area contributed by atoms with Gasteiger partial charge in [-0.25, -0.2) is 14.8 Å². The van der Waals surface area contributed by atoms with Gasteiger partial charge >= 0.3 is 12.3 Å². The van der Waals surface area contributed by atoms with Gasteiger partial charge in [-0.15, -0.1) is 13.2 Å². The zero-order chi connectivity index (χ0) is 30.8. The number of nitrogens with one attached hydrogen (secondary N) is 2. The van der Waals surface area contributed by atoms with Gasteiger partial charge in [-0.1, -0.05) is 22.9 Å². The van der Waals surface area contributed by atoms with E-state index in [-0.39, 0.29) is 27.9 Å². The van der Waals surface area contributed by atoms with Crippen LogP contribution in [0.5, 0.6) is 5.75 Å². The highest BCUT2D eigenvalue weighted by Crippen LogP contribution is 2.33. The standard InChI is InChI=1S/C18H14F3N5O2S.C7H4ClNO4/c1-22-15(27)9-3-5-11-13(7-9)26(2)16(23-11)25-17-24-12-6-4-10(8-14(12)29-17)28-18(19,20)21;8-5-3-4(7(10)11)1-2-6(5)9(12)13/h3-8H,1-2H3,(H,22,27)(H,23,24,25);1-3H,(H,10,11). The second-order valence-electron chi connectivity index (χ2n) is 8.33. The summed E-state index contributed by atoms with van der Waals surface area (Å²) in [4.78, 5) is 40.7. The van der Waals surface area contributed by atoms with E-state index in [1.807, 2.05) is 0 Å². The highest BCUT2D eigenvalue weighted by molar-refractivity contribution is 7.22. The van der Waals surface area contributed by atoms with Crippen LogP contribution in [0.3, 0.4) is 0 Å². The molecule has 0 saturated heterocycles. The number of nitrogens with zero attached hydrogens (tertiary/aromatic N) is 4. The average molecular weight is 623 g/mol. The van der Waals surface area contributed by atoms with Crippen molar-refractivity contribution in [2.45, 2.75) is 6.36 Å². The number of carboxylic acid groups (broad SMARTS) is 1. The van der Waals surface area contributed by atoms with Crippen LogP contribution in [0.15, 0.2) is 54.6 Å². The van der Waals surface area contributed by atoms with Crippen molar-refractivity contribution in [2.75, 3.05) is 12.4 Å². The fourth-order valence-corrected chi connectivity index (χ4v) is 4.76. The second kappa shape index (κ2) is 11.9. The molecule has 12 nitrogen and oxygen atoms in total. The molecule has 0 saturated carbocycles. The SMILES string of the molecule is CNC(=O)c1ccc2nc(Nc3nc4ccc(OC(F)(F)F)cc4s3)n(C)c2c1.O=C(O)c1ccc([N+](=O)[O-])c(Cl)c1. The lowest BCUT2D eigenvalue weighted by Gasteiger charge is -2.07. The molecule has 0 atom stereocenters. The number of aromatic carboxylic acids is 1. The van der Waals surface area contributed by atoms with E-state index in [0.717, 1.165) is 23.7 Å². The number of thiazole rings is 1. The number of aromatic nitrogens is 3. The van der Waals surface area contributed by atoms with E-state index in [1.54, 1.807) is 36.9 Å². The smallest absolute Gasteiger partial charge is 0.478 e. The zero-order valence-corrected chi connectivity index (χ0v) is 23.0. The van der Waals surface area contributed by atoms with Crippen LogP contribution >= 0.6 is 22.9 Å². The predicted octanol–water partition coefficient (Wildman–Crippen LogP) is 6.13. The minimum Gasteiger partial charge on any atom is -0.478 e. The van der Waals surface area contributed by atoms with E-state index in [4.69, 9.17) is 16.7 Å². The number of nitro groups is 1. The Kier molecular flexibility index (Phi) is 8.49. The second-order valence-corrected chi connectivity index (χ2v) is 9.76. The minimum atomic E-state index is -4.75. The molecule has 0 unspecified atom stereocenters. The molecule has 42 heavy (non-hydrogen) atoms. The summed E-state index contributed by atoms with van der Waals surface area (Å²) in [7, 11) is 3.34. The molecule has 2 heterocycles. The van der Waals surface area contributed by atoms with E-state index in [9.17, 15) is 32.9 Å². The van der Waals surface area contributed by atoms with Gasteiger partial charge in [0.1, 0.15) is 10.8 Å². The molecule has 0 spiro atoms. The molecule has 0 bridgehead atoms. The fourth-order valence-electron chi connectivity index (χ4n) is 3.63. The van der Waals surface area contributed by atoms with Gasteiger partial charge in [0.15, 0.2) is 5.13 Å².